The van der Waals surface area contributed by atoms with Crippen LogP contribution in [0.3, 0.4) is 0 Å². The molecule has 4 nitrogen and oxygen atoms in total. The van der Waals surface area contributed by atoms with Crippen molar-refractivity contribution in [2.45, 2.75) is 23.5 Å². The SMILES string of the molecule is CN([C@H]1CCNC1)S(=O)(=O)c1ccccc1C(F)(F)F. The summed E-state index contributed by atoms with van der Waals surface area (Å²) in [4.78, 5) is -0.693. The zero-order valence-electron chi connectivity index (χ0n) is 10.8. The molecule has 0 radical (unpaired) electrons. The average molecular weight is 308 g/mol. The Hall–Kier alpha value is -1.12. The number of hydrogen-bond acceptors (Lipinski definition) is 3. The van der Waals surface area contributed by atoms with Gasteiger partial charge in [-0.2, -0.15) is 17.5 Å². The number of alkyl halides is 3. The lowest BCUT2D eigenvalue weighted by Gasteiger charge is -2.24. The summed E-state index contributed by atoms with van der Waals surface area (Å²) in [5.74, 6) is 0. The number of hydrogen-bond donors (Lipinski definition) is 1. The Morgan fingerprint density at radius 1 is 1.30 bits per heavy atom. The van der Waals surface area contributed by atoms with Crippen LogP contribution < -0.4 is 5.32 Å². The van der Waals surface area contributed by atoms with Crippen molar-refractivity contribution >= 4 is 10.0 Å². The Morgan fingerprint density at radius 3 is 2.50 bits per heavy atom. The molecule has 112 valence electrons. The molecule has 0 aromatic heterocycles. The highest BCUT2D eigenvalue weighted by Gasteiger charge is 2.39. The molecule has 1 aliphatic rings. The molecule has 2 rings (SSSR count). The molecule has 1 saturated heterocycles. The first-order chi connectivity index (χ1) is 9.24. The van der Waals surface area contributed by atoms with E-state index in [0.717, 1.165) is 16.4 Å². The molecule has 0 saturated carbocycles. The van der Waals surface area contributed by atoms with Gasteiger partial charge in [0.2, 0.25) is 10.0 Å². The largest absolute Gasteiger partial charge is 0.417 e. The van der Waals surface area contributed by atoms with Gasteiger partial charge in [-0.25, -0.2) is 8.42 Å². The number of rotatable bonds is 3. The second kappa shape index (κ2) is 5.34. The Morgan fingerprint density at radius 2 is 1.95 bits per heavy atom. The molecule has 0 bridgehead atoms. The second-order valence-electron chi connectivity index (χ2n) is 4.66. The standard InChI is InChI=1S/C12H15F3N2O2S/c1-17(9-6-7-16-8-9)20(18,19)11-5-3-2-4-10(11)12(13,14)15/h2-5,9,16H,6-8H2,1H3/t9-/m0/s1. The summed E-state index contributed by atoms with van der Waals surface area (Å²) in [7, 11) is -2.84. The molecule has 0 amide bonds. The average Bonchev–Trinajstić information content (AvgIpc) is 2.90. The summed E-state index contributed by atoms with van der Waals surface area (Å²) in [6.07, 6.45) is -4.11. The van der Waals surface area contributed by atoms with E-state index in [1.54, 1.807) is 0 Å². The number of likely N-dealkylation sites (N-methyl/N-ethyl adjacent to an activating group) is 1. The minimum absolute atomic E-state index is 0.318. The molecule has 20 heavy (non-hydrogen) atoms. The van der Waals surface area contributed by atoms with Crippen LogP contribution in [0.25, 0.3) is 0 Å². The molecule has 1 aromatic carbocycles. The zero-order valence-corrected chi connectivity index (χ0v) is 11.6. The summed E-state index contributed by atoms with van der Waals surface area (Å²) < 4.78 is 64.6. The van der Waals surface area contributed by atoms with E-state index in [9.17, 15) is 21.6 Å². The molecule has 1 aromatic rings. The van der Waals surface area contributed by atoms with Crippen LogP contribution in [0.4, 0.5) is 13.2 Å². The predicted molar refractivity (Wildman–Crippen MR) is 67.7 cm³/mol. The van der Waals surface area contributed by atoms with Gasteiger partial charge in [-0.1, -0.05) is 12.1 Å². The molecule has 1 N–H and O–H groups in total. The molecule has 1 atom stereocenters. The van der Waals surface area contributed by atoms with E-state index >= 15 is 0 Å². The Balaban J connectivity index is 2.44. The molecule has 1 fully saturated rings. The topological polar surface area (TPSA) is 49.4 Å². The van der Waals surface area contributed by atoms with Crippen molar-refractivity contribution < 1.29 is 21.6 Å². The third-order valence-electron chi connectivity index (χ3n) is 3.40. The van der Waals surface area contributed by atoms with Crippen molar-refractivity contribution in [3.63, 3.8) is 0 Å². The van der Waals surface area contributed by atoms with Crippen LogP contribution in [0.2, 0.25) is 0 Å². The summed E-state index contributed by atoms with van der Waals surface area (Å²) in [5, 5.41) is 2.99. The number of nitrogens with one attached hydrogen (secondary N) is 1. The van der Waals surface area contributed by atoms with Crippen LogP contribution in [0.5, 0.6) is 0 Å². The van der Waals surface area contributed by atoms with Crippen LogP contribution in [0.15, 0.2) is 29.2 Å². The lowest BCUT2D eigenvalue weighted by Crippen LogP contribution is -2.39. The van der Waals surface area contributed by atoms with Crippen molar-refractivity contribution in [1.29, 1.82) is 0 Å². The molecular formula is C12H15F3N2O2S. The summed E-state index contributed by atoms with van der Waals surface area (Å²) in [6.45, 7) is 1.11. The van der Waals surface area contributed by atoms with E-state index in [4.69, 9.17) is 0 Å². The van der Waals surface area contributed by atoms with E-state index < -0.39 is 26.7 Å². The van der Waals surface area contributed by atoms with Gasteiger partial charge in [-0.05, 0) is 25.1 Å². The van der Waals surface area contributed by atoms with Crippen molar-refractivity contribution in [2.75, 3.05) is 20.1 Å². The number of sulfonamides is 1. The van der Waals surface area contributed by atoms with E-state index in [1.165, 1.54) is 19.2 Å². The molecule has 1 heterocycles. The van der Waals surface area contributed by atoms with Crippen LogP contribution >= 0.6 is 0 Å². The first-order valence-electron chi connectivity index (χ1n) is 6.09. The fourth-order valence-corrected chi connectivity index (χ4v) is 3.82. The van der Waals surface area contributed by atoms with Gasteiger partial charge in [0.05, 0.1) is 10.5 Å². The van der Waals surface area contributed by atoms with Crippen LogP contribution in [0, 0.1) is 0 Å². The summed E-state index contributed by atoms with van der Waals surface area (Å²) >= 11 is 0. The van der Waals surface area contributed by atoms with Crippen molar-refractivity contribution in [3.8, 4) is 0 Å². The molecule has 1 aliphatic heterocycles. The van der Waals surface area contributed by atoms with Gasteiger partial charge in [-0.3, -0.25) is 0 Å². The van der Waals surface area contributed by atoms with E-state index in [2.05, 4.69) is 5.32 Å². The predicted octanol–water partition coefficient (Wildman–Crippen LogP) is 1.69. The second-order valence-corrected chi connectivity index (χ2v) is 6.63. The van der Waals surface area contributed by atoms with Crippen LogP contribution in [-0.2, 0) is 16.2 Å². The molecule has 0 unspecified atom stereocenters. The van der Waals surface area contributed by atoms with Crippen molar-refractivity contribution in [3.05, 3.63) is 29.8 Å². The fourth-order valence-electron chi connectivity index (χ4n) is 2.23. The third-order valence-corrected chi connectivity index (χ3v) is 5.37. The van der Waals surface area contributed by atoms with Gasteiger partial charge in [0.15, 0.2) is 0 Å². The first kappa shape index (κ1) is 15.3. The highest BCUT2D eigenvalue weighted by atomic mass is 32.2. The van der Waals surface area contributed by atoms with E-state index in [1.807, 2.05) is 0 Å². The maximum atomic E-state index is 12.9. The van der Waals surface area contributed by atoms with E-state index in [-0.39, 0.29) is 6.04 Å². The third kappa shape index (κ3) is 2.82. The minimum Gasteiger partial charge on any atom is -0.315 e. The lowest BCUT2D eigenvalue weighted by atomic mass is 10.2. The minimum atomic E-state index is -4.70. The first-order valence-corrected chi connectivity index (χ1v) is 7.53. The fraction of sp³-hybridized carbons (Fsp3) is 0.500. The summed E-state index contributed by atoms with van der Waals surface area (Å²) in [5.41, 5.74) is -1.13. The number of halogens is 3. The Bertz CT molecular complexity index is 581. The van der Waals surface area contributed by atoms with Gasteiger partial charge in [-0.15, -0.1) is 0 Å². The van der Waals surface area contributed by atoms with Gasteiger partial charge in [0, 0.05) is 19.6 Å². The quantitative estimate of drug-likeness (QED) is 0.924. The Labute approximate surface area is 115 Å². The van der Waals surface area contributed by atoms with Gasteiger partial charge >= 0.3 is 6.18 Å². The van der Waals surface area contributed by atoms with Crippen LogP contribution in [-0.4, -0.2) is 38.9 Å². The monoisotopic (exact) mass is 308 g/mol. The smallest absolute Gasteiger partial charge is 0.315 e. The van der Waals surface area contributed by atoms with Crippen molar-refractivity contribution in [2.24, 2.45) is 0 Å². The van der Waals surface area contributed by atoms with Gasteiger partial charge < -0.3 is 5.32 Å². The molecule has 8 heteroatoms. The van der Waals surface area contributed by atoms with Crippen molar-refractivity contribution in [1.82, 2.24) is 9.62 Å². The molecule has 0 spiro atoms. The Kier molecular flexibility index (Phi) is 4.08. The number of nitrogens with zero attached hydrogens (tertiary/aromatic N) is 1. The molecule has 0 aliphatic carbocycles. The lowest BCUT2D eigenvalue weighted by molar-refractivity contribution is -0.139. The van der Waals surface area contributed by atoms with Gasteiger partial charge in [0.25, 0.3) is 0 Å². The maximum absolute atomic E-state index is 12.9. The highest BCUT2D eigenvalue weighted by Crippen LogP contribution is 2.35. The van der Waals surface area contributed by atoms with Crippen LogP contribution in [0.1, 0.15) is 12.0 Å². The highest BCUT2D eigenvalue weighted by molar-refractivity contribution is 7.89. The zero-order chi connectivity index (χ0) is 15.0. The number of benzene rings is 1. The summed E-state index contributed by atoms with van der Waals surface area (Å²) in [6, 6.07) is 3.94. The molecular weight excluding hydrogens is 293 g/mol. The maximum Gasteiger partial charge on any atom is 0.417 e. The van der Waals surface area contributed by atoms with Gasteiger partial charge in [0.1, 0.15) is 0 Å². The van der Waals surface area contributed by atoms with E-state index in [0.29, 0.717) is 19.5 Å². The normalized spacial score (nSPS) is 20.6.